The topological polar surface area (TPSA) is 93.5 Å². The van der Waals surface area contributed by atoms with Crippen molar-refractivity contribution < 1.29 is 17.6 Å². The van der Waals surface area contributed by atoms with E-state index >= 15 is 0 Å². The van der Waals surface area contributed by atoms with Crippen molar-refractivity contribution in [3.05, 3.63) is 64.4 Å². The predicted molar refractivity (Wildman–Crippen MR) is 149 cm³/mol. The predicted octanol–water partition coefficient (Wildman–Crippen LogP) is 5.76. The number of sulfonamides is 1. The van der Waals surface area contributed by atoms with E-state index in [1.165, 1.54) is 23.8 Å². The number of nitrogens with one attached hydrogen (secondary N) is 1. The summed E-state index contributed by atoms with van der Waals surface area (Å²) in [6.07, 6.45) is 5.11. The van der Waals surface area contributed by atoms with Crippen molar-refractivity contribution in [2.24, 2.45) is 11.8 Å². The Kier molecular flexibility index (Phi) is 7.91. The summed E-state index contributed by atoms with van der Waals surface area (Å²) < 4.78 is 39.9. The van der Waals surface area contributed by atoms with Gasteiger partial charge in [-0.05, 0) is 98.6 Å². The van der Waals surface area contributed by atoms with Crippen molar-refractivity contribution >= 4 is 33.3 Å². The number of nitrogens with zero attached hydrogens (tertiary/aromatic N) is 3. The average Bonchev–Trinajstić information content (AvgIpc) is 3.69. The van der Waals surface area contributed by atoms with E-state index in [9.17, 15) is 22.9 Å². The number of hydrogen-bond acceptors (Lipinski definition) is 4. The summed E-state index contributed by atoms with van der Waals surface area (Å²) in [7, 11) is -3.22. The van der Waals surface area contributed by atoms with Crippen LogP contribution in [0.25, 0.3) is 0 Å². The first-order valence-electron chi connectivity index (χ1n) is 13.7. The Morgan fingerprint density at radius 2 is 2.00 bits per heavy atom. The molecule has 2 aromatic carbocycles. The molecule has 3 fully saturated rings. The number of amides is 2. The number of carbonyl (C=O) groups excluding carboxylic acids is 1. The van der Waals surface area contributed by atoms with Gasteiger partial charge in [-0.25, -0.2) is 21.9 Å². The van der Waals surface area contributed by atoms with Gasteiger partial charge >= 0.3 is 6.03 Å². The number of fused-ring (bicyclic) bond motifs is 1. The summed E-state index contributed by atoms with van der Waals surface area (Å²) in [6.45, 7) is 3.13. The summed E-state index contributed by atoms with van der Waals surface area (Å²) in [6, 6.07) is 14.1. The summed E-state index contributed by atoms with van der Waals surface area (Å²) in [5.41, 5.74) is 2.40. The van der Waals surface area contributed by atoms with Crippen LogP contribution in [0.4, 0.5) is 14.9 Å². The van der Waals surface area contributed by atoms with Gasteiger partial charge in [0.2, 0.25) is 10.0 Å². The molecule has 7 nitrogen and oxygen atoms in total. The first-order valence-corrected chi connectivity index (χ1v) is 15.6. The summed E-state index contributed by atoms with van der Waals surface area (Å²) in [5, 5.41) is 12.2. The number of carbonyl (C=O) groups is 1. The third-order valence-corrected chi connectivity index (χ3v) is 11.1. The minimum atomic E-state index is -3.22. The standard InChI is InChI=1S/C29H34ClFN4O3S/c1-2-39(37,38)34-12-9-20(10-13-34)19-35(28(36)33-24-6-7-27(31)26(30)16-24)25-8-11-29(17-23(29)15-25)22-5-3-4-21(14-22)18-32/h3-7,14,16,20,23,25H,2,8-13,15,17,19H2,1H3,(H,33,36)/t23?,25-,29-/m1/s1. The second-order valence-electron chi connectivity index (χ2n) is 11.1. The Labute approximate surface area is 235 Å². The van der Waals surface area contributed by atoms with E-state index in [-0.39, 0.29) is 34.2 Å². The number of nitriles is 1. The van der Waals surface area contributed by atoms with Crippen LogP contribution in [0.3, 0.4) is 0 Å². The maximum absolute atomic E-state index is 13.7. The quantitative estimate of drug-likeness (QED) is 0.457. The average molecular weight is 573 g/mol. The van der Waals surface area contributed by atoms with Gasteiger partial charge in [0.25, 0.3) is 0 Å². The van der Waals surface area contributed by atoms with Crippen LogP contribution < -0.4 is 5.32 Å². The number of rotatable bonds is 7. The van der Waals surface area contributed by atoms with E-state index in [0.717, 1.165) is 25.7 Å². The number of urea groups is 1. The molecule has 2 amide bonds. The van der Waals surface area contributed by atoms with Gasteiger partial charge in [-0.2, -0.15) is 5.26 Å². The van der Waals surface area contributed by atoms with Gasteiger partial charge in [-0.1, -0.05) is 23.7 Å². The normalized spacial score (nSPS) is 25.4. The van der Waals surface area contributed by atoms with Crippen molar-refractivity contribution in [1.29, 1.82) is 5.26 Å². The molecule has 2 saturated carbocycles. The summed E-state index contributed by atoms with van der Waals surface area (Å²) in [5.74, 6) is 0.180. The number of piperidine rings is 1. The molecule has 0 radical (unpaired) electrons. The number of anilines is 1. The largest absolute Gasteiger partial charge is 0.322 e. The third-order valence-electron chi connectivity index (χ3n) is 8.94. The molecule has 0 spiro atoms. The Morgan fingerprint density at radius 1 is 1.23 bits per heavy atom. The van der Waals surface area contributed by atoms with Gasteiger partial charge in [-0.15, -0.1) is 0 Å². The van der Waals surface area contributed by atoms with Crippen molar-refractivity contribution in [3.63, 3.8) is 0 Å². The molecule has 1 unspecified atom stereocenters. The fourth-order valence-corrected chi connectivity index (χ4v) is 7.86. The van der Waals surface area contributed by atoms with Crippen LogP contribution in [0.15, 0.2) is 42.5 Å². The van der Waals surface area contributed by atoms with Crippen molar-refractivity contribution in [2.75, 3.05) is 30.7 Å². The Bertz CT molecular complexity index is 1390. The molecule has 0 aromatic heterocycles. The van der Waals surface area contributed by atoms with Crippen LogP contribution in [-0.2, 0) is 15.4 Å². The van der Waals surface area contributed by atoms with E-state index in [1.807, 2.05) is 23.1 Å². The van der Waals surface area contributed by atoms with Crippen LogP contribution in [-0.4, -0.2) is 55.1 Å². The smallest absolute Gasteiger partial charge is 0.321 e. The summed E-state index contributed by atoms with van der Waals surface area (Å²) >= 11 is 5.95. The molecule has 1 saturated heterocycles. The van der Waals surface area contributed by atoms with E-state index in [4.69, 9.17) is 11.6 Å². The van der Waals surface area contributed by atoms with Crippen LogP contribution in [0.5, 0.6) is 0 Å². The van der Waals surface area contributed by atoms with Gasteiger partial charge in [0.1, 0.15) is 5.82 Å². The van der Waals surface area contributed by atoms with E-state index in [1.54, 1.807) is 11.2 Å². The van der Waals surface area contributed by atoms with Crippen LogP contribution >= 0.6 is 11.6 Å². The summed E-state index contributed by atoms with van der Waals surface area (Å²) in [4.78, 5) is 15.6. The zero-order valence-electron chi connectivity index (χ0n) is 22.1. The molecule has 2 aliphatic carbocycles. The highest BCUT2D eigenvalue weighted by Gasteiger charge is 2.58. The second-order valence-corrected chi connectivity index (χ2v) is 13.8. The van der Waals surface area contributed by atoms with Gasteiger partial charge in [0, 0.05) is 31.4 Å². The lowest BCUT2D eigenvalue weighted by Crippen LogP contribution is -2.49. The molecule has 1 aliphatic heterocycles. The molecule has 10 heteroatoms. The van der Waals surface area contributed by atoms with Crippen molar-refractivity contribution in [3.8, 4) is 6.07 Å². The Hall–Kier alpha value is -2.67. The molecular formula is C29H34ClFN4O3S. The molecule has 39 heavy (non-hydrogen) atoms. The fraction of sp³-hybridized carbons (Fsp3) is 0.517. The Morgan fingerprint density at radius 3 is 2.67 bits per heavy atom. The fourth-order valence-electron chi connectivity index (χ4n) is 6.54. The number of halogens is 2. The molecule has 2 aromatic rings. The lowest BCUT2D eigenvalue weighted by molar-refractivity contribution is 0.132. The van der Waals surface area contributed by atoms with Crippen LogP contribution in [0.1, 0.15) is 56.6 Å². The van der Waals surface area contributed by atoms with Crippen LogP contribution in [0.2, 0.25) is 5.02 Å². The highest BCUT2D eigenvalue weighted by molar-refractivity contribution is 7.89. The third kappa shape index (κ3) is 5.79. The minimum Gasteiger partial charge on any atom is -0.321 e. The lowest BCUT2D eigenvalue weighted by Gasteiger charge is -2.40. The first-order chi connectivity index (χ1) is 18.6. The highest BCUT2D eigenvalue weighted by Crippen LogP contribution is 2.63. The zero-order valence-corrected chi connectivity index (χ0v) is 23.6. The van der Waals surface area contributed by atoms with Crippen LogP contribution in [0, 0.1) is 29.0 Å². The van der Waals surface area contributed by atoms with Gasteiger partial charge in [0.15, 0.2) is 0 Å². The highest BCUT2D eigenvalue weighted by atomic mass is 35.5. The van der Waals surface area contributed by atoms with E-state index < -0.39 is 15.8 Å². The molecule has 1 heterocycles. The number of hydrogen-bond donors (Lipinski definition) is 1. The monoisotopic (exact) mass is 572 g/mol. The molecule has 3 aliphatic rings. The molecular weight excluding hydrogens is 539 g/mol. The molecule has 5 rings (SSSR count). The van der Waals surface area contributed by atoms with Gasteiger partial charge in [0.05, 0.1) is 22.4 Å². The molecule has 3 atom stereocenters. The zero-order chi connectivity index (χ0) is 27.8. The van der Waals surface area contributed by atoms with Crippen molar-refractivity contribution in [1.82, 2.24) is 9.21 Å². The van der Waals surface area contributed by atoms with E-state index in [0.29, 0.717) is 49.6 Å². The molecule has 0 bridgehead atoms. The van der Waals surface area contributed by atoms with Gasteiger partial charge < -0.3 is 10.2 Å². The first kappa shape index (κ1) is 27.9. The molecule has 1 N–H and O–H groups in total. The molecule has 208 valence electrons. The maximum Gasteiger partial charge on any atom is 0.322 e. The van der Waals surface area contributed by atoms with E-state index in [2.05, 4.69) is 17.5 Å². The van der Waals surface area contributed by atoms with Crippen molar-refractivity contribution in [2.45, 2.75) is 56.9 Å². The minimum absolute atomic E-state index is 0.0399. The lowest BCUT2D eigenvalue weighted by atomic mass is 9.79. The second kappa shape index (κ2) is 11.1. The number of benzene rings is 2. The SMILES string of the molecule is CCS(=O)(=O)N1CCC(CN(C(=O)Nc2ccc(F)c(Cl)c2)[C@@H]2CC[C@]3(c4cccc(C#N)c4)CC3C2)CC1. The Balaban J connectivity index is 1.31. The maximum atomic E-state index is 13.7. The van der Waals surface area contributed by atoms with Gasteiger partial charge in [-0.3, -0.25) is 0 Å².